The number of benzene rings is 1. The average Bonchev–Trinajstić information content (AvgIpc) is 3.15. The molecule has 0 bridgehead atoms. The van der Waals surface area contributed by atoms with Gasteiger partial charge in [-0.25, -0.2) is 14.2 Å². The minimum absolute atomic E-state index is 0.213. The lowest BCUT2D eigenvalue weighted by Gasteiger charge is -2.19. The number of likely N-dealkylation sites (tertiary alicyclic amines) is 1. The van der Waals surface area contributed by atoms with Crippen molar-refractivity contribution in [2.75, 3.05) is 18.4 Å². The fourth-order valence-electron chi connectivity index (χ4n) is 3.35. The maximum atomic E-state index is 13.7. The van der Waals surface area contributed by atoms with E-state index in [-0.39, 0.29) is 17.6 Å². The van der Waals surface area contributed by atoms with Gasteiger partial charge in [-0.2, -0.15) is 0 Å². The van der Waals surface area contributed by atoms with Crippen LogP contribution in [0.1, 0.15) is 43.7 Å². The molecule has 1 N–H and O–H groups in total. The number of hydrogen-bond acceptors (Lipinski definition) is 2. The molecule has 2 heterocycles. The number of urea groups is 1. The zero-order chi connectivity index (χ0) is 17.3. The van der Waals surface area contributed by atoms with Crippen LogP contribution in [0.3, 0.4) is 0 Å². The molecule has 0 radical (unpaired) electrons. The summed E-state index contributed by atoms with van der Waals surface area (Å²) in [6, 6.07) is 6.28. The minimum Gasteiger partial charge on any atom is -0.330 e. The Balaban J connectivity index is 1.69. The lowest BCUT2D eigenvalue weighted by Crippen LogP contribution is -2.33. The molecule has 0 aliphatic carbocycles. The molecule has 5 nitrogen and oxygen atoms in total. The lowest BCUT2D eigenvalue weighted by atomic mass is 10.1. The molecule has 6 heteroatoms. The van der Waals surface area contributed by atoms with E-state index in [0.29, 0.717) is 19.1 Å². The zero-order valence-corrected chi connectivity index (χ0v) is 14.3. The lowest BCUT2D eigenvalue weighted by molar-refractivity contribution is 0.221. The highest BCUT2D eigenvalue weighted by atomic mass is 19.1. The summed E-state index contributed by atoms with van der Waals surface area (Å²) >= 11 is 0. The largest absolute Gasteiger partial charge is 0.330 e. The van der Waals surface area contributed by atoms with Crippen LogP contribution in [0.2, 0.25) is 0 Å². The molecule has 2 amide bonds. The van der Waals surface area contributed by atoms with Crippen LogP contribution in [0.5, 0.6) is 0 Å². The number of para-hydroxylation sites is 1. The summed E-state index contributed by atoms with van der Waals surface area (Å²) < 4.78 is 15.9. The van der Waals surface area contributed by atoms with Crippen molar-refractivity contribution < 1.29 is 9.18 Å². The number of carbonyl (C=O) groups excluding carboxylic acids is 1. The van der Waals surface area contributed by atoms with Crippen LogP contribution in [0.25, 0.3) is 0 Å². The molecule has 0 spiro atoms. The Labute approximate surface area is 141 Å². The Bertz CT molecular complexity index is 740. The Morgan fingerprint density at radius 3 is 2.83 bits per heavy atom. The average molecular weight is 330 g/mol. The van der Waals surface area contributed by atoms with Crippen LogP contribution in [0, 0.1) is 12.7 Å². The molecule has 24 heavy (non-hydrogen) atoms. The van der Waals surface area contributed by atoms with E-state index in [2.05, 4.69) is 28.7 Å². The van der Waals surface area contributed by atoms with Gasteiger partial charge in [-0.15, -0.1) is 0 Å². The van der Waals surface area contributed by atoms with Gasteiger partial charge in [0, 0.05) is 36.9 Å². The molecule has 1 atom stereocenters. The molecule has 1 fully saturated rings. The fourth-order valence-corrected chi connectivity index (χ4v) is 3.35. The highest BCUT2D eigenvalue weighted by Crippen LogP contribution is 2.29. The summed E-state index contributed by atoms with van der Waals surface area (Å²) in [6.07, 6.45) is 2.76. The number of amides is 2. The number of imidazole rings is 1. The first kappa shape index (κ1) is 16.5. The van der Waals surface area contributed by atoms with Gasteiger partial charge in [-0.05, 0) is 39.3 Å². The molecule has 1 aliphatic rings. The molecule has 1 saturated heterocycles. The third-order valence-corrected chi connectivity index (χ3v) is 4.48. The van der Waals surface area contributed by atoms with Crippen LogP contribution in [-0.2, 0) is 0 Å². The van der Waals surface area contributed by atoms with E-state index in [0.717, 1.165) is 17.9 Å². The second kappa shape index (κ2) is 6.63. The van der Waals surface area contributed by atoms with Crippen LogP contribution in [0.4, 0.5) is 14.9 Å². The van der Waals surface area contributed by atoms with Crippen LogP contribution in [0.15, 0.2) is 30.5 Å². The Morgan fingerprint density at radius 2 is 2.12 bits per heavy atom. The highest BCUT2D eigenvalue weighted by Gasteiger charge is 2.31. The maximum absolute atomic E-state index is 13.7. The number of nitrogens with zero attached hydrogens (tertiary/aromatic N) is 3. The molecule has 1 aromatic heterocycles. The quantitative estimate of drug-likeness (QED) is 0.927. The predicted octanol–water partition coefficient (Wildman–Crippen LogP) is 3.93. The van der Waals surface area contributed by atoms with Gasteiger partial charge in [0.1, 0.15) is 11.6 Å². The van der Waals surface area contributed by atoms with Crippen molar-refractivity contribution in [2.24, 2.45) is 0 Å². The molecule has 0 saturated carbocycles. The molecule has 3 rings (SSSR count). The van der Waals surface area contributed by atoms with Crippen molar-refractivity contribution in [2.45, 2.75) is 39.2 Å². The molecule has 2 aromatic rings. The van der Waals surface area contributed by atoms with E-state index in [1.807, 2.05) is 13.1 Å². The molecular weight excluding hydrogens is 307 g/mol. The van der Waals surface area contributed by atoms with Crippen molar-refractivity contribution in [1.82, 2.24) is 14.5 Å². The number of anilines is 1. The summed E-state index contributed by atoms with van der Waals surface area (Å²) in [6.45, 7) is 7.57. The summed E-state index contributed by atoms with van der Waals surface area (Å²) in [5.41, 5.74) is 1.35. The molecule has 1 aliphatic heterocycles. The summed E-state index contributed by atoms with van der Waals surface area (Å²) in [5.74, 6) is 0.823. The second-order valence-electron chi connectivity index (χ2n) is 6.56. The molecule has 1 aromatic carbocycles. The predicted molar refractivity (Wildman–Crippen MR) is 91.7 cm³/mol. The van der Waals surface area contributed by atoms with Crippen molar-refractivity contribution in [3.63, 3.8) is 0 Å². The SMILES string of the molecule is Cc1cnc(C2CCN(C(=O)Nc3ccccc3F)C2)n1C(C)C. The van der Waals surface area contributed by atoms with Gasteiger partial charge in [0.15, 0.2) is 0 Å². The van der Waals surface area contributed by atoms with Crippen LogP contribution >= 0.6 is 0 Å². The number of aryl methyl sites for hydroxylation is 1. The van der Waals surface area contributed by atoms with Crippen molar-refractivity contribution in [3.8, 4) is 0 Å². The standard InChI is InChI=1S/C18H23FN4O/c1-12(2)23-13(3)10-20-17(23)14-8-9-22(11-14)18(24)21-16-7-5-4-6-15(16)19/h4-7,10,12,14H,8-9,11H2,1-3H3,(H,21,24). The first-order valence-corrected chi connectivity index (χ1v) is 8.31. The van der Waals surface area contributed by atoms with Gasteiger partial charge in [0.05, 0.1) is 5.69 Å². The number of nitrogens with one attached hydrogen (secondary N) is 1. The number of halogens is 1. The van der Waals surface area contributed by atoms with Crippen molar-refractivity contribution in [1.29, 1.82) is 0 Å². The highest BCUT2D eigenvalue weighted by molar-refractivity contribution is 5.89. The first-order valence-electron chi connectivity index (χ1n) is 8.31. The van der Waals surface area contributed by atoms with E-state index in [9.17, 15) is 9.18 Å². The van der Waals surface area contributed by atoms with E-state index in [1.54, 1.807) is 23.1 Å². The number of carbonyl (C=O) groups is 1. The maximum Gasteiger partial charge on any atom is 0.321 e. The van der Waals surface area contributed by atoms with Gasteiger partial charge in [0.25, 0.3) is 0 Å². The van der Waals surface area contributed by atoms with E-state index in [1.165, 1.54) is 6.07 Å². The number of hydrogen-bond donors (Lipinski definition) is 1. The number of rotatable bonds is 3. The topological polar surface area (TPSA) is 50.2 Å². The van der Waals surface area contributed by atoms with Crippen LogP contribution < -0.4 is 5.32 Å². The van der Waals surface area contributed by atoms with Crippen LogP contribution in [-0.4, -0.2) is 33.6 Å². The Morgan fingerprint density at radius 1 is 1.38 bits per heavy atom. The Kier molecular flexibility index (Phi) is 4.55. The first-order chi connectivity index (χ1) is 11.5. The monoisotopic (exact) mass is 330 g/mol. The summed E-state index contributed by atoms with van der Waals surface area (Å²) in [4.78, 5) is 18.7. The normalized spacial score (nSPS) is 17.5. The van der Waals surface area contributed by atoms with Gasteiger partial charge >= 0.3 is 6.03 Å². The van der Waals surface area contributed by atoms with E-state index < -0.39 is 5.82 Å². The number of aromatic nitrogens is 2. The zero-order valence-electron chi connectivity index (χ0n) is 14.3. The second-order valence-corrected chi connectivity index (χ2v) is 6.56. The smallest absolute Gasteiger partial charge is 0.321 e. The van der Waals surface area contributed by atoms with E-state index in [4.69, 9.17) is 0 Å². The van der Waals surface area contributed by atoms with Gasteiger partial charge in [0.2, 0.25) is 0 Å². The van der Waals surface area contributed by atoms with E-state index >= 15 is 0 Å². The molecule has 1 unspecified atom stereocenters. The fraction of sp³-hybridized carbons (Fsp3) is 0.444. The summed E-state index contributed by atoms with van der Waals surface area (Å²) in [7, 11) is 0. The van der Waals surface area contributed by atoms with Gasteiger partial charge < -0.3 is 14.8 Å². The molecule has 128 valence electrons. The van der Waals surface area contributed by atoms with Gasteiger partial charge in [-0.1, -0.05) is 12.1 Å². The third-order valence-electron chi connectivity index (χ3n) is 4.48. The van der Waals surface area contributed by atoms with Crippen molar-refractivity contribution >= 4 is 11.7 Å². The van der Waals surface area contributed by atoms with Gasteiger partial charge in [-0.3, -0.25) is 0 Å². The Hall–Kier alpha value is -2.37. The van der Waals surface area contributed by atoms with Crippen molar-refractivity contribution in [3.05, 3.63) is 47.8 Å². The minimum atomic E-state index is -0.424. The third kappa shape index (κ3) is 3.13. The molecular formula is C18H23FN4O. The summed E-state index contributed by atoms with van der Waals surface area (Å²) in [5, 5.41) is 2.65.